The number of alkyl halides is 1. The Balaban J connectivity index is 1.79. The monoisotopic (exact) mass is 352 g/mol. The summed E-state index contributed by atoms with van der Waals surface area (Å²) in [6.45, 7) is 0.744. The summed E-state index contributed by atoms with van der Waals surface area (Å²) < 4.78 is 5.75. The van der Waals surface area contributed by atoms with Crippen molar-refractivity contribution >= 4 is 27.5 Å². The van der Waals surface area contributed by atoms with Crippen molar-refractivity contribution in [3.05, 3.63) is 65.2 Å². The molecule has 0 aliphatic heterocycles. The highest BCUT2D eigenvalue weighted by Crippen LogP contribution is 2.18. The summed E-state index contributed by atoms with van der Waals surface area (Å²) in [7, 11) is 0. The van der Waals surface area contributed by atoms with Gasteiger partial charge in [-0.05, 0) is 48.6 Å². The minimum absolute atomic E-state index is 0.569. The Morgan fingerprint density at radius 3 is 2.35 bits per heavy atom. The van der Waals surface area contributed by atoms with Crippen LogP contribution in [0.25, 0.3) is 0 Å². The molecule has 1 atom stereocenters. The zero-order valence-corrected chi connectivity index (χ0v) is 13.6. The van der Waals surface area contributed by atoms with Crippen molar-refractivity contribution in [1.29, 1.82) is 0 Å². The molecule has 20 heavy (non-hydrogen) atoms. The fourth-order valence-corrected chi connectivity index (χ4v) is 2.73. The van der Waals surface area contributed by atoms with Gasteiger partial charge in [0.1, 0.15) is 5.75 Å². The van der Waals surface area contributed by atoms with Crippen molar-refractivity contribution in [2.45, 2.75) is 12.8 Å². The zero-order chi connectivity index (χ0) is 14.2. The number of halogens is 2. The molecule has 0 fully saturated rings. The van der Waals surface area contributed by atoms with Gasteiger partial charge in [0.05, 0.1) is 6.61 Å². The van der Waals surface area contributed by atoms with Crippen LogP contribution in [0, 0.1) is 5.92 Å². The van der Waals surface area contributed by atoms with E-state index in [4.69, 9.17) is 16.3 Å². The second-order valence-electron chi connectivity index (χ2n) is 4.80. The maximum absolute atomic E-state index is 5.90. The highest BCUT2D eigenvalue weighted by Gasteiger charge is 2.09. The number of hydrogen-bond donors (Lipinski definition) is 0. The molecule has 1 unspecified atom stereocenters. The molecular weight excluding hydrogens is 336 g/mol. The quantitative estimate of drug-likeness (QED) is 0.609. The Hall–Kier alpha value is -0.990. The molecule has 2 aromatic rings. The van der Waals surface area contributed by atoms with Crippen LogP contribution in [0.15, 0.2) is 54.6 Å². The fourth-order valence-electron chi connectivity index (χ4n) is 2.05. The maximum atomic E-state index is 5.90. The number of benzene rings is 2. The molecule has 0 N–H and O–H groups in total. The first-order valence-corrected chi connectivity index (χ1v) is 8.26. The minimum atomic E-state index is 0.569. The van der Waals surface area contributed by atoms with E-state index < -0.39 is 0 Å². The first kappa shape index (κ1) is 15.4. The van der Waals surface area contributed by atoms with Gasteiger partial charge in [0.2, 0.25) is 0 Å². The van der Waals surface area contributed by atoms with Crippen LogP contribution in [0.2, 0.25) is 5.02 Å². The summed E-state index contributed by atoms with van der Waals surface area (Å²) in [5.41, 5.74) is 1.32. The normalized spacial score (nSPS) is 12.1. The number of rotatable bonds is 7. The van der Waals surface area contributed by atoms with Gasteiger partial charge in [-0.1, -0.05) is 57.9 Å². The summed E-state index contributed by atoms with van der Waals surface area (Å²) >= 11 is 9.50. The molecule has 1 nitrogen and oxygen atoms in total. The van der Waals surface area contributed by atoms with Crippen LogP contribution in [0.1, 0.15) is 12.0 Å². The van der Waals surface area contributed by atoms with Crippen LogP contribution in [-0.2, 0) is 6.42 Å². The molecule has 0 spiro atoms. The lowest BCUT2D eigenvalue weighted by atomic mass is 9.98. The van der Waals surface area contributed by atoms with Crippen molar-refractivity contribution in [2.24, 2.45) is 5.92 Å². The minimum Gasteiger partial charge on any atom is -0.494 e. The van der Waals surface area contributed by atoms with E-state index in [1.165, 1.54) is 5.56 Å². The average Bonchev–Trinajstić information content (AvgIpc) is 2.49. The van der Waals surface area contributed by atoms with Crippen molar-refractivity contribution in [3.63, 3.8) is 0 Å². The average molecular weight is 354 g/mol. The molecule has 0 amide bonds. The van der Waals surface area contributed by atoms with Crippen LogP contribution in [0.4, 0.5) is 0 Å². The third kappa shape index (κ3) is 5.18. The van der Waals surface area contributed by atoms with Gasteiger partial charge in [-0.25, -0.2) is 0 Å². The topological polar surface area (TPSA) is 9.23 Å². The molecule has 106 valence electrons. The SMILES string of the molecule is Clc1ccc(CC(CBr)CCOc2ccccc2)cc1. The predicted molar refractivity (Wildman–Crippen MR) is 89.0 cm³/mol. The highest BCUT2D eigenvalue weighted by molar-refractivity contribution is 9.09. The van der Waals surface area contributed by atoms with E-state index in [9.17, 15) is 0 Å². The van der Waals surface area contributed by atoms with E-state index >= 15 is 0 Å². The lowest BCUT2D eigenvalue weighted by Crippen LogP contribution is -2.11. The molecule has 0 saturated heterocycles. The Kier molecular flexibility index (Phi) is 6.41. The predicted octanol–water partition coefficient (Wildman–Crippen LogP) is 5.36. The molecule has 0 heterocycles. The molecule has 0 aliphatic rings. The van der Waals surface area contributed by atoms with Gasteiger partial charge in [-0.3, -0.25) is 0 Å². The molecule has 0 bridgehead atoms. The second-order valence-corrected chi connectivity index (χ2v) is 5.89. The van der Waals surface area contributed by atoms with Crippen LogP contribution >= 0.6 is 27.5 Å². The standard InChI is InChI=1S/C17H18BrClO/c18-13-15(12-14-6-8-16(19)9-7-14)10-11-20-17-4-2-1-3-5-17/h1-9,15H,10-13H2. The zero-order valence-electron chi connectivity index (χ0n) is 11.3. The van der Waals surface area contributed by atoms with Gasteiger partial charge in [0, 0.05) is 10.4 Å². The number of para-hydroxylation sites is 1. The molecular formula is C17H18BrClO. The van der Waals surface area contributed by atoms with Crippen LogP contribution in [-0.4, -0.2) is 11.9 Å². The molecule has 0 saturated carbocycles. The van der Waals surface area contributed by atoms with Crippen molar-refractivity contribution in [3.8, 4) is 5.75 Å². The molecule has 2 aromatic carbocycles. The Morgan fingerprint density at radius 2 is 1.70 bits per heavy atom. The van der Waals surface area contributed by atoms with E-state index in [2.05, 4.69) is 28.1 Å². The van der Waals surface area contributed by atoms with E-state index in [0.717, 1.165) is 35.6 Å². The Labute approximate surface area is 134 Å². The Morgan fingerprint density at radius 1 is 1.00 bits per heavy atom. The first-order chi connectivity index (χ1) is 9.78. The summed E-state index contributed by atoms with van der Waals surface area (Å²) in [4.78, 5) is 0. The first-order valence-electron chi connectivity index (χ1n) is 6.76. The molecule has 0 aliphatic carbocycles. The van der Waals surface area contributed by atoms with E-state index in [1.807, 2.05) is 42.5 Å². The second kappa shape index (κ2) is 8.33. The van der Waals surface area contributed by atoms with Gasteiger partial charge < -0.3 is 4.74 Å². The maximum Gasteiger partial charge on any atom is 0.119 e. The van der Waals surface area contributed by atoms with Crippen LogP contribution in [0.3, 0.4) is 0 Å². The summed E-state index contributed by atoms with van der Waals surface area (Å²) in [6.07, 6.45) is 2.07. The highest BCUT2D eigenvalue weighted by atomic mass is 79.9. The lowest BCUT2D eigenvalue weighted by Gasteiger charge is -2.15. The van der Waals surface area contributed by atoms with Crippen molar-refractivity contribution < 1.29 is 4.74 Å². The van der Waals surface area contributed by atoms with E-state index in [-0.39, 0.29) is 0 Å². The fraction of sp³-hybridized carbons (Fsp3) is 0.294. The van der Waals surface area contributed by atoms with Gasteiger partial charge in [0.15, 0.2) is 0 Å². The van der Waals surface area contributed by atoms with E-state index in [1.54, 1.807) is 0 Å². The molecule has 0 aromatic heterocycles. The number of hydrogen-bond acceptors (Lipinski definition) is 1. The van der Waals surface area contributed by atoms with Gasteiger partial charge in [-0.15, -0.1) is 0 Å². The van der Waals surface area contributed by atoms with Crippen LogP contribution < -0.4 is 4.74 Å². The number of ether oxygens (including phenoxy) is 1. The Bertz CT molecular complexity index is 498. The third-order valence-corrected chi connectivity index (χ3v) is 4.36. The van der Waals surface area contributed by atoms with Crippen molar-refractivity contribution in [2.75, 3.05) is 11.9 Å². The third-order valence-electron chi connectivity index (χ3n) is 3.19. The smallest absolute Gasteiger partial charge is 0.119 e. The molecule has 3 heteroatoms. The lowest BCUT2D eigenvalue weighted by molar-refractivity contribution is 0.285. The van der Waals surface area contributed by atoms with Gasteiger partial charge in [0.25, 0.3) is 0 Å². The summed E-state index contributed by atoms with van der Waals surface area (Å²) in [5, 5.41) is 1.77. The van der Waals surface area contributed by atoms with Crippen molar-refractivity contribution in [1.82, 2.24) is 0 Å². The largest absolute Gasteiger partial charge is 0.494 e. The van der Waals surface area contributed by atoms with Gasteiger partial charge >= 0.3 is 0 Å². The summed E-state index contributed by atoms with van der Waals surface area (Å²) in [6, 6.07) is 18.0. The van der Waals surface area contributed by atoms with Crippen LogP contribution in [0.5, 0.6) is 5.75 Å². The van der Waals surface area contributed by atoms with Gasteiger partial charge in [-0.2, -0.15) is 0 Å². The molecule has 2 rings (SSSR count). The summed E-state index contributed by atoms with van der Waals surface area (Å²) in [5.74, 6) is 1.51. The van der Waals surface area contributed by atoms with E-state index in [0.29, 0.717) is 5.92 Å². The molecule has 0 radical (unpaired) electrons.